The number of aliphatic hydroxyl groups is 3. The second kappa shape index (κ2) is 68.7. The number of amides is 9. The number of ether oxygens (including phenoxy) is 6. The van der Waals surface area contributed by atoms with Crippen LogP contribution in [0.15, 0.2) is 75.8 Å². The number of hydrogen-bond donors (Lipinski definition) is 18. The summed E-state index contributed by atoms with van der Waals surface area (Å²) in [5.74, 6) is -20.8. The highest BCUT2D eigenvalue weighted by atomic mass is 32.2. The highest BCUT2D eigenvalue weighted by Gasteiger charge is 2.49. The Morgan fingerprint density at radius 2 is 0.904 bits per heavy atom. The van der Waals surface area contributed by atoms with Gasteiger partial charge in [-0.2, -0.15) is 8.42 Å². The minimum Gasteiger partial charge on any atom is -0.396 e. The van der Waals surface area contributed by atoms with Crippen LogP contribution in [0.3, 0.4) is 0 Å². The van der Waals surface area contributed by atoms with E-state index in [1.807, 2.05) is 27.7 Å². The average molecular weight is 2080 g/mol. The van der Waals surface area contributed by atoms with E-state index in [-0.39, 0.29) is 229 Å². The number of benzene rings is 2. The summed E-state index contributed by atoms with van der Waals surface area (Å²) in [6.45, 7) is 13.7. The lowest BCUT2D eigenvalue weighted by Gasteiger charge is -2.29. The molecule has 0 bridgehead atoms. The maximum absolute atomic E-state index is 15.2. The average Bonchev–Trinajstić information content (AvgIpc) is 1.65. The van der Waals surface area contributed by atoms with E-state index >= 15 is 19.2 Å². The number of aliphatic hydroxyl groups excluding tert-OH is 3. The minimum atomic E-state index is -4.86. The number of aromatic nitrogens is 1. The van der Waals surface area contributed by atoms with E-state index in [9.17, 15) is 81.3 Å². The molecular formula is C98H156N18O29S. The molecular weight excluding hydrogens is 1930 g/mol. The molecule has 0 saturated carbocycles. The number of nitrogens with two attached hydrogens (primary N) is 7. The molecule has 3 aromatic rings. The molecule has 2 heterocycles. The van der Waals surface area contributed by atoms with Crippen molar-refractivity contribution >= 4 is 133 Å². The van der Waals surface area contributed by atoms with Gasteiger partial charge in [0.05, 0.1) is 136 Å². The Bertz CT molecular complexity index is 4870. The van der Waals surface area contributed by atoms with Gasteiger partial charge in [0, 0.05) is 130 Å². The molecule has 4 rings (SSSR count). The van der Waals surface area contributed by atoms with E-state index in [0.29, 0.717) is 28.5 Å². The van der Waals surface area contributed by atoms with E-state index < -0.39 is 252 Å². The van der Waals surface area contributed by atoms with Crippen LogP contribution in [-0.2, 0) is 133 Å². The van der Waals surface area contributed by atoms with E-state index in [0.717, 1.165) is 0 Å². The molecule has 1 unspecified atom stereocenters. The number of Topliss-reactive ketones (excluding diaryl/α,β-unsaturated/α-hetero) is 6. The number of aromatic amines is 1. The molecule has 0 aliphatic carbocycles. The second-order valence-corrected chi connectivity index (χ2v) is 39.0. The third-order valence-electron chi connectivity index (χ3n) is 24.8. The number of rotatable bonds is 81. The standard InChI is InChI=1S/C98H156N18O29S/c1-9-62(8)73(26-25-66(56-117)89(99)129)111-90(130)64(20-15-31-106-96(100)101)49-81(122)75(24-17-33-108-98(104)105)112-92(132)67(47-63-18-11-10-12-19-63)51-83(124)76(46-59(2)3)113-91(131)65(21-16-32-107-97(102)103)50-82(123)77(48-68-55-109-74-23-14-13-22-70(68)74)110-86(126)28-27-80(121)78(57-118)114-94(134)72(61(6)7)53-84(125)79(58-119)115-93(133)71(60(4)5)52-69(120)29-34-139-36-38-141-40-42-143-44-45-144-43-41-142-39-37-140-35-30-88(128)145-116-87(127)54-85(95(116)135)146(136,137)138/h10-14,18-19,22-23,55,59-62,64-67,71-73,75-79,85,109,117-119H,9,15-17,20-21,24-54,56-58H2,1-8H3,(H2,99,129)(H,110,126)(H,111,130)(H,112,132)(H,113,131)(H,114,134)(H,115,133)(H4,100,101,106)(H4,102,103,107)(H4,104,105,108)(H,136,137,138)/t62-,64-,65-,66+,67-,71+,72+,73-,75-,76-,77-,78-,79-,85?/m1/s1. The second-order valence-electron chi connectivity index (χ2n) is 37.4. The summed E-state index contributed by atoms with van der Waals surface area (Å²) in [6, 6.07) is 8.32. The van der Waals surface area contributed by atoms with Crippen molar-refractivity contribution in [2.45, 2.75) is 238 Å². The highest BCUT2D eigenvalue weighted by Crippen LogP contribution is 2.29. The lowest BCUT2D eigenvalue weighted by atomic mass is 9.86. The molecule has 2 aromatic carbocycles. The number of nitrogens with zero attached hydrogens (tertiary/aromatic N) is 4. The first-order valence-corrected chi connectivity index (χ1v) is 51.2. The van der Waals surface area contributed by atoms with E-state index in [1.54, 1.807) is 88.5 Å². The van der Waals surface area contributed by atoms with Crippen LogP contribution in [0.4, 0.5) is 0 Å². The number of H-pyrrole nitrogens is 1. The smallest absolute Gasteiger partial charge is 0.335 e. The van der Waals surface area contributed by atoms with Crippen LogP contribution in [0.5, 0.6) is 0 Å². The summed E-state index contributed by atoms with van der Waals surface area (Å²) in [5.41, 5.74) is 41.5. The number of para-hydroxylation sites is 1. The minimum absolute atomic E-state index is 0.00622. The monoisotopic (exact) mass is 2080 g/mol. The van der Waals surface area contributed by atoms with Crippen LogP contribution >= 0.6 is 0 Å². The number of carbonyl (C=O) groups excluding carboxylic acids is 16. The Morgan fingerprint density at radius 3 is 1.39 bits per heavy atom. The van der Waals surface area contributed by atoms with Crippen molar-refractivity contribution < 1.29 is 138 Å². The number of nitrogens with one attached hydrogen (secondary N) is 7. The van der Waals surface area contributed by atoms with Gasteiger partial charge in [-0.1, -0.05) is 110 Å². The maximum Gasteiger partial charge on any atom is 0.335 e. The zero-order chi connectivity index (χ0) is 109. The fraction of sp³-hybridized carbons (Fsp3) is 0.663. The molecule has 1 fully saturated rings. The summed E-state index contributed by atoms with van der Waals surface area (Å²) in [7, 11) is -4.86. The molecule has 1 aromatic heterocycles. The third-order valence-corrected chi connectivity index (χ3v) is 25.8. The molecule has 1 saturated heterocycles. The molecule has 1 aliphatic heterocycles. The van der Waals surface area contributed by atoms with Crippen LogP contribution < -0.4 is 72.0 Å². The Labute approximate surface area is 851 Å². The number of fused-ring (bicyclic) bond motifs is 1. The van der Waals surface area contributed by atoms with E-state index in [4.69, 9.17) is 73.1 Å². The van der Waals surface area contributed by atoms with Crippen molar-refractivity contribution in [1.29, 1.82) is 0 Å². The summed E-state index contributed by atoms with van der Waals surface area (Å²) >= 11 is 0. The first-order valence-electron chi connectivity index (χ1n) is 49.7. The van der Waals surface area contributed by atoms with Crippen LogP contribution in [0.25, 0.3) is 10.9 Å². The third kappa shape index (κ3) is 48.7. The largest absolute Gasteiger partial charge is 0.396 e. The van der Waals surface area contributed by atoms with Crippen molar-refractivity contribution in [3.05, 3.63) is 71.9 Å². The van der Waals surface area contributed by atoms with Crippen molar-refractivity contribution in [1.82, 2.24) is 41.9 Å². The van der Waals surface area contributed by atoms with Crippen LogP contribution in [-0.4, -0.2) is 310 Å². The summed E-state index contributed by atoms with van der Waals surface area (Å²) in [6.07, 6.45) is -1.53. The zero-order valence-electron chi connectivity index (χ0n) is 85.1. The van der Waals surface area contributed by atoms with Gasteiger partial charge in [-0.15, -0.1) is 5.06 Å². The molecule has 146 heavy (non-hydrogen) atoms. The first kappa shape index (κ1) is 127. The van der Waals surface area contributed by atoms with Crippen molar-refractivity contribution in [2.75, 3.05) is 119 Å². The van der Waals surface area contributed by atoms with Crippen molar-refractivity contribution in [3.63, 3.8) is 0 Å². The van der Waals surface area contributed by atoms with Gasteiger partial charge in [-0.25, -0.2) is 4.79 Å². The molecule has 0 spiro atoms. The van der Waals surface area contributed by atoms with Gasteiger partial charge in [-0.05, 0) is 105 Å². The Kier molecular flexibility index (Phi) is 59.5. The number of primary amides is 1. The number of hydroxylamine groups is 2. The molecule has 47 nitrogen and oxygen atoms in total. The molecule has 0 radical (unpaired) electrons. The summed E-state index contributed by atoms with van der Waals surface area (Å²) in [4.78, 5) is 242. The molecule has 818 valence electrons. The SMILES string of the molecule is CC[C@@H](C)[C@@H](CC[C@@H](CO)C(N)=O)NC(=O)[C@H](CCCN=C(N)N)CC(=O)[C@@H](CCCN=C(N)N)NC(=O)[C@@H](CC(=O)[C@@H](CC(C)C)NC(=O)[C@H](CCCN=C(N)N)CC(=O)[C@@H](Cc1c[nH]c2ccccc12)NC(=O)CCC(=O)[C@@H](CO)NC(=O)[C@@H](CC(=O)[C@@H](CO)NC(=O)[C@@H](CC(=O)CCOCCOCCOCCOCCOCCOCCC(=O)ON1C(=O)CC(S(=O)(=O)O)C1=O)C(C)C)C(C)C)Cc1ccccc1. The lowest BCUT2D eigenvalue weighted by Crippen LogP contribution is -2.50. The van der Waals surface area contributed by atoms with E-state index in [1.165, 1.54) is 0 Å². The van der Waals surface area contributed by atoms with Crippen LogP contribution in [0, 0.1) is 59.2 Å². The van der Waals surface area contributed by atoms with Gasteiger partial charge >= 0.3 is 5.97 Å². The molecule has 25 N–H and O–H groups in total. The highest BCUT2D eigenvalue weighted by molar-refractivity contribution is 7.87. The van der Waals surface area contributed by atoms with E-state index in [2.05, 4.69) is 56.7 Å². The van der Waals surface area contributed by atoms with Gasteiger partial charge in [-0.3, -0.25) is 91.4 Å². The summed E-state index contributed by atoms with van der Waals surface area (Å²) < 4.78 is 64.3. The molecule has 1 aliphatic rings. The first-order chi connectivity index (χ1) is 69.3. The van der Waals surface area contributed by atoms with Gasteiger partial charge in [0.1, 0.15) is 17.9 Å². The predicted molar refractivity (Wildman–Crippen MR) is 537 cm³/mol. The molecule has 48 heteroatoms. The number of carbonyl (C=O) groups is 16. The van der Waals surface area contributed by atoms with Gasteiger partial charge in [0.25, 0.3) is 21.9 Å². The number of ketones is 6. The quantitative estimate of drug-likeness (QED) is 0.0115. The van der Waals surface area contributed by atoms with Crippen molar-refractivity contribution in [2.24, 2.45) is 114 Å². The normalized spacial score (nSPS) is 15.4. The molecule has 14 atom stereocenters. The number of aliphatic imine (C=N–C) groups is 3. The van der Waals surface area contributed by atoms with Crippen molar-refractivity contribution in [3.8, 4) is 0 Å². The molecule has 9 amide bonds. The Hall–Kier alpha value is -11.7. The summed E-state index contributed by atoms with van der Waals surface area (Å²) in [5, 5.41) is 46.3. The topological polar surface area (TPSA) is 763 Å². The predicted octanol–water partition coefficient (Wildman–Crippen LogP) is -0.135. The number of imide groups is 1. The van der Waals surface area contributed by atoms with Gasteiger partial charge in [0.2, 0.25) is 41.4 Å². The van der Waals surface area contributed by atoms with Gasteiger partial charge < -0.3 is 126 Å². The lowest BCUT2D eigenvalue weighted by molar-refractivity contribution is -0.198. The zero-order valence-corrected chi connectivity index (χ0v) is 85.9. The maximum atomic E-state index is 15.2. The van der Waals surface area contributed by atoms with Crippen LogP contribution in [0.2, 0.25) is 0 Å². The van der Waals surface area contributed by atoms with Gasteiger partial charge in [0.15, 0.2) is 52.0 Å². The Morgan fingerprint density at radius 1 is 0.459 bits per heavy atom. The Balaban J connectivity index is 1.40. The fourth-order valence-corrected chi connectivity index (χ4v) is 16.7. The number of hydrogen-bond acceptors (Lipinski definition) is 31. The number of guanidine groups is 3. The van der Waals surface area contributed by atoms with Crippen LogP contribution in [0.1, 0.15) is 195 Å². The fourth-order valence-electron chi connectivity index (χ4n) is 16.0.